The average molecular weight is 398 g/mol. The molecule has 1 fully saturated rings. The molecule has 0 spiro atoms. The predicted octanol–water partition coefficient (Wildman–Crippen LogP) is 4.33. The van der Waals surface area contributed by atoms with Crippen LogP contribution in [0, 0.1) is 5.92 Å². The fourth-order valence-electron chi connectivity index (χ4n) is 3.25. The SMILES string of the molecule is CC(C)(C)c1ccc(C=CC(=O)N2CCCC(C(=O)Nc3nccs3)C2)cc1. The molecule has 1 unspecified atom stereocenters. The summed E-state index contributed by atoms with van der Waals surface area (Å²) in [5.41, 5.74) is 2.37. The van der Waals surface area contributed by atoms with E-state index in [0.717, 1.165) is 18.4 Å². The van der Waals surface area contributed by atoms with Crippen molar-refractivity contribution in [1.29, 1.82) is 0 Å². The molecule has 1 aliphatic heterocycles. The first-order valence-electron chi connectivity index (χ1n) is 9.61. The van der Waals surface area contributed by atoms with Gasteiger partial charge in [-0.3, -0.25) is 9.59 Å². The van der Waals surface area contributed by atoms with Gasteiger partial charge in [0.1, 0.15) is 0 Å². The molecule has 1 aliphatic rings. The van der Waals surface area contributed by atoms with Gasteiger partial charge in [-0.15, -0.1) is 11.3 Å². The third kappa shape index (κ3) is 5.29. The van der Waals surface area contributed by atoms with E-state index < -0.39 is 0 Å². The summed E-state index contributed by atoms with van der Waals surface area (Å²) in [6.45, 7) is 7.67. The molecule has 1 aromatic carbocycles. The molecule has 1 aromatic heterocycles. The maximum atomic E-state index is 12.6. The second kappa shape index (κ2) is 8.69. The molecule has 1 N–H and O–H groups in total. The van der Waals surface area contributed by atoms with Gasteiger partial charge in [0.05, 0.1) is 5.92 Å². The van der Waals surface area contributed by atoms with E-state index in [1.165, 1.54) is 16.9 Å². The van der Waals surface area contributed by atoms with E-state index in [2.05, 4.69) is 43.2 Å². The Balaban J connectivity index is 1.57. The monoisotopic (exact) mass is 397 g/mol. The standard InChI is InChI=1S/C22H27N3O2S/c1-22(2,3)18-9-6-16(7-10-18)8-11-19(26)25-13-4-5-17(15-25)20(27)24-21-23-12-14-28-21/h6-12,14,17H,4-5,13,15H2,1-3H3,(H,23,24,27). The molecular formula is C22H27N3O2S. The van der Waals surface area contributed by atoms with Crippen LogP contribution in [0.1, 0.15) is 44.7 Å². The van der Waals surface area contributed by atoms with Gasteiger partial charge in [-0.25, -0.2) is 4.98 Å². The summed E-state index contributed by atoms with van der Waals surface area (Å²) in [7, 11) is 0. The molecule has 2 aromatic rings. The zero-order valence-electron chi connectivity index (χ0n) is 16.6. The number of hydrogen-bond donors (Lipinski definition) is 1. The van der Waals surface area contributed by atoms with E-state index in [1.54, 1.807) is 17.2 Å². The normalized spacial score (nSPS) is 17.7. The Kier molecular flexibility index (Phi) is 6.29. The van der Waals surface area contributed by atoms with Gasteiger partial charge in [-0.05, 0) is 35.5 Å². The lowest BCUT2D eigenvalue weighted by Gasteiger charge is -2.31. The van der Waals surface area contributed by atoms with E-state index in [-0.39, 0.29) is 23.1 Å². The molecule has 2 amide bonds. The number of rotatable bonds is 4. The Morgan fingerprint density at radius 1 is 1.25 bits per heavy atom. The summed E-state index contributed by atoms with van der Waals surface area (Å²) >= 11 is 1.40. The molecule has 0 aliphatic carbocycles. The van der Waals surface area contributed by atoms with E-state index in [1.807, 2.05) is 23.6 Å². The first-order valence-corrected chi connectivity index (χ1v) is 10.5. The van der Waals surface area contributed by atoms with Gasteiger partial charge in [-0.1, -0.05) is 45.0 Å². The highest BCUT2D eigenvalue weighted by atomic mass is 32.1. The van der Waals surface area contributed by atoms with Crippen LogP contribution in [0.15, 0.2) is 41.9 Å². The third-order valence-electron chi connectivity index (χ3n) is 4.96. The summed E-state index contributed by atoms with van der Waals surface area (Å²) in [6, 6.07) is 8.27. The molecule has 0 bridgehead atoms. The number of amides is 2. The highest BCUT2D eigenvalue weighted by molar-refractivity contribution is 7.13. The Bertz CT molecular complexity index is 836. The zero-order chi connectivity index (χ0) is 20.1. The van der Waals surface area contributed by atoms with Crippen molar-refractivity contribution in [3.63, 3.8) is 0 Å². The van der Waals surface area contributed by atoms with Gasteiger partial charge in [-0.2, -0.15) is 0 Å². The van der Waals surface area contributed by atoms with Gasteiger partial charge in [0, 0.05) is 30.7 Å². The number of hydrogen-bond acceptors (Lipinski definition) is 4. The molecule has 2 heterocycles. The second-order valence-corrected chi connectivity index (χ2v) is 9.05. The highest BCUT2D eigenvalue weighted by Gasteiger charge is 2.28. The Morgan fingerprint density at radius 2 is 2.00 bits per heavy atom. The van der Waals surface area contributed by atoms with Gasteiger partial charge in [0.15, 0.2) is 5.13 Å². The summed E-state index contributed by atoms with van der Waals surface area (Å²) in [5.74, 6) is -0.304. The van der Waals surface area contributed by atoms with Crippen LogP contribution in [-0.2, 0) is 15.0 Å². The molecule has 28 heavy (non-hydrogen) atoms. The third-order valence-corrected chi connectivity index (χ3v) is 5.65. The lowest BCUT2D eigenvalue weighted by molar-refractivity contribution is -0.130. The number of thiazole rings is 1. The van der Waals surface area contributed by atoms with Crippen molar-refractivity contribution in [3.05, 3.63) is 53.0 Å². The molecule has 5 nitrogen and oxygen atoms in total. The van der Waals surface area contributed by atoms with Crippen LogP contribution in [0.5, 0.6) is 0 Å². The molecular weight excluding hydrogens is 370 g/mol. The smallest absolute Gasteiger partial charge is 0.246 e. The average Bonchev–Trinajstić information content (AvgIpc) is 3.19. The van der Waals surface area contributed by atoms with E-state index in [0.29, 0.717) is 18.2 Å². The topological polar surface area (TPSA) is 62.3 Å². The van der Waals surface area contributed by atoms with E-state index in [4.69, 9.17) is 0 Å². The van der Waals surface area contributed by atoms with Gasteiger partial charge < -0.3 is 10.2 Å². The summed E-state index contributed by atoms with van der Waals surface area (Å²) in [5, 5.41) is 5.27. The quantitative estimate of drug-likeness (QED) is 0.781. The number of carbonyl (C=O) groups is 2. The van der Waals surface area contributed by atoms with Crippen molar-refractivity contribution in [2.75, 3.05) is 18.4 Å². The van der Waals surface area contributed by atoms with E-state index in [9.17, 15) is 9.59 Å². The first kappa shape index (κ1) is 20.3. The second-order valence-electron chi connectivity index (χ2n) is 8.16. The van der Waals surface area contributed by atoms with Crippen LogP contribution in [0.2, 0.25) is 0 Å². The van der Waals surface area contributed by atoms with Gasteiger partial charge >= 0.3 is 0 Å². The summed E-state index contributed by atoms with van der Waals surface area (Å²) < 4.78 is 0. The van der Waals surface area contributed by atoms with Gasteiger partial charge in [0.25, 0.3) is 0 Å². The van der Waals surface area contributed by atoms with Crippen LogP contribution >= 0.6 is 11.3 Å². The van der Waals surface area contributed by atoms with E-state index >= 15 is 0 Å². The Labute approximate surface area is 170 Å². The molecule has 1 atom stereocenters. The number of carbonyl (C=O) groups excluding carboxylic acids is 2. The van der Waals surface area contributed by atoms with Crippen molar-refractivity contribution >= 4 is 34.4 Å². The minimum Gasteiger partial charge on any atom is -0.338 e. The Hall–Kier alpha value is -2.47. The van der Waals surface area contributed by atoms with Crippen molar-refractivity contribution in [3.8, 4) is 0 Å². The summed E-state index contributed by atoms with van der Waals surface area (Å²) in [6.07, 6.45) is 6.73. The predicted molar refractivity (Wildman–Crippen MR) is 114 cm³/mol. The van der Waals surface area contributed by atoms with Crippen LogP contribution in [-0.4, -0.2) is 34.8 Å². The van der Waals surface area contributed by atoms with Crippen LogP contribution in [0.4, 0.5) is 5.13 Å². The van der Waals surface area contributed by atoms with Crippen LogP contribution in [0.3, 0.4) is 0 Å². The zero-order valence-corrected chi connectivity index (χ0v) is 17.5. The number of nitrogens with one attached hydrogen (secondary N) is 1. The van der Waals surface area contributed by atoms with Crippen molar-refractivity contribution in [1.82, 2.24) is 9.88 Å². The Morgan fingerprint density at radius 3 is 2.64 bits per heavy atom. The summed E-state index contributed by atoms with van der Waals surface area (Å²) in [4.78, 5) is 30.8. The van der Waals surface area contributed by atoms with Crippen molar-refractivity contribution in [2.24, 2.45) is 5.92 Å². The number of piperidine rings is 1. The fraction of sp³-hybridized carbons (Fsp3) is 0.409. The minimum absolute atomic E-state index is 0.0494. The van der Waals surface area contributed by atoms with Crippen molar-refractivity contribution < 1.29 is 9.59 Å². The van der Waals surface area contributed by atoms with Gasteiger partial charge in [0.2, 0.25) is 11.8 Å². The molecule has 148 valence electrons. The maximum Gasteiger partial charge on any atom is 0.246 e. The maximum absolute atomic E-state index is 12.6. The molecule has 3 rings (SSSR count). The lowest BCUT2D eigenvalue weighted by Crippen LogP contribution is -2.43. The highest BCUT2D eigenvalue weighted by Crippen LogP contribution is 2.23. The number of likely N-dealkylation sites (tertiary alicyclic amines) is 1. The minimum atomic E-state index is -0.193. The van der Waals surface area contributed by atoms with Crippen LogP contribution in [0.25, 0.3) is 6.08 Å². The van der Waals surface area contributed by atoms with Crippen molar-refractivity contribution in [2.45, 2.75) is 39.0 Å². The first-order chi connectivity index (χ1) is 13.3. The molecule has 0 saturated carbocycles. The number of benzene rings is 1. The largest absolute Gasteiger partial charge is 0.338 e. The number of anilines is 1. The molecule has 6 heteroatoms. The number of nitrogens with zero attached hydrogens (tertiary/aromatic N) is 2. The number of aromatic nitrogens is 1. The van der Waals surface area contributed by atoms with Crippen LogP contribution < -0.4 is 5.32 Å². The fourth-order valence-corrected chi connectivity index (χ4v) is 3.78. The lowest BCUT2D eigenvalue weighted by atomic mass is 9.87. The molecule has 0 radical (unpaired) electrons. The molecule has 1 saturated heterocycles.